The molecule has 1 heteroatoms. The van der Waals surface area contributed by atoms with Crippen LogP contribution < -0.4 is 4.90 Å². The quantitative estimate of drug-likeness (QED) is 0.711. The van der Waals surface area contributed by atoms with Gasteiger partial charge in [-0.15, -0.1) is 0 Å². The topological polar surface area (TPSA) is 3.24 Å². The molecule has 1 aromatic carbocycles. The fourth-order valence-electron chi connectivity index (χ4n) is 1.64. The summed E-state index contributed by atoms with van der Waals surface area (Å²) in [7, 11) is 0. The lowest BCUT2D eigenvalue weighted by molar-refractivity contribution is 1.01. The fraction of sp³-hybridized carbons (Fsp3) is 0.286. The third-order valence-electron chi connectivity index (χ3n) is 2.48. The molecule has 0 bridgehead atoms. The van der Waals surface area contributed by atoms with Crippen molar-refractivity contribution in [3.63, 3.8) is 0 Å². The van der Waals surface area contributed by atoms with E-state index in [0.29, 0.717) is 0 Å². The highest BCUT2D eigenvalue weighted by Gasteiger charge is 2.07. The Labute approximate surface area is 92.7 Å². The average molecular weight is 201 g/mol. The van der Waals surface area contributed by atoms with Crippen LogP contribution in [0.2, 0.25) is 0 Å². The second kappa shape index (κ2) is 4.83. The number of hydrogen-bond donors (Lipinski definition) is 0. The van der Waals surface area contributed by atoms with Crippen molar-refractivity contribution in [3.05, 3.63) is 48.7 Å². The summed E-state index contributed by atoms with van der Waals surface area (Å²) < 4.78 is 0. The zero-order chi connectivity index (χ0) is 11.4. The van der Waals surface area contributed by atoms with E-state index in [1.54, 1.807) is 0 Å². The molecule has 0 aliphatic heterocycles. The Bertz CT molecular complexity index is 377. The van der Waals surface area contributed by atoms with Crippen molar-refractivity contribution in [2.45, 2.75) is 20.8 Å². The van der Waals surface area contributed by atoms with Gasteiger partial charge in [0.05, 0.1) is 0 Å². The van der Waals surface area contributed by atoms with E-state index < -0.39 is 0 Å². The van der Waals surface area contributed by atoms with Crippen LogP contribution in [0, 0.1) is 6.92 Å². The molecule has 0 unspecified atom stereocenters. The maximum atomic E-state index is 4.02. The van der Waals surface area contributed by atoms with Gasteiger partial charge in [-0.25, -0.2) is 0 Å². The van der Waals surface area contributed by atoms with Crippen LogP contribution in [0.5, 0.6) is 0 Å². The summed E-state index contributed by atoms with van der Waals surface area (Å²) in [5, 5.41) is 0. The summed E-state index contributed by atoms with van der Waals surface area (Å²) in [6, 6.07) is 6.42. The summed E-state index contributed by atoms with van der Waals surface area (Å²) >= 11 is 0. The fourth-order valence-corrected chi connectivity index (χ4v) is 1.64. The van der Waals surface area contributed by atoms with Gasteiger partial charge in [0.2, 0.25) is 0 Å². The average Bonchev–Trinajstić information content (AvgIpc) is 2.21. The molecule has 0 saturated carbocycles. The van der Waals surface area contributed by atoms with Crippen molar-refractivity contribution < 1.29 is 0 Å². The van der Waals surface area contributed by atoms with Gasteiger partial charge in [0.15, 0.2) is 0 Å². The first-order valence-electron chi connectivity index (χ1n) is 5.25. The monoisotopic (exact) mass is 201 g/mol. The number of allylic oxidation sites excluding steroid dienone is 1. The molecule has 80 valence electrons. The Morgan fingerprint density at radius 3 is 2.60 bits per heavy atom. The number of aryl methyl sites for hydroxylation is 1. The van der Waals surface area contributed by atoms with Gasteiger partial charge in [-0.2, -0.15) is 0 Å². The van der Waals surface area contributed by atoms with E-state index in [9.17, 15) is 0 Å². The van der Waals surface area contributed by atoms with Crippen molar-refractivity contribution in [1.82, 2.24) is 0 Å². The molecule has 0 saturated heterocycles. The Kier molecular flexibility index (Phi) is 3.73. The first-order chi connectivity index (χ1) is 7.10. The van der Waals surface area contributed by atoms with Gasteiger partial charge in [0.25, 0.3) is 0 Å². The molecule has 0 N–H and O–H groups in total. The third kappa shape index (κ3) is 2.50. The smallest absolute Gasteiger partial charge is 0.0482 e. The van der Waals surface area contributed by atoms with Crippen LogP contribution in [0.25, 0.3) is 5.57 Å². The van der Waals surface area contributed by atoms with Gasteiger partial charge in [-0.1, -0.05) is 24.8 Å². The minimum absolute atomic E-state index is 0.923. The minimum atomic E-state index is 0.923. The molecule has 1 nitrogen and oxygen atoms in total. The molecule has 0 heterocycles. The molecular weight excluding hydrogens is 182 g/mol. The maximum Gasteiger partial charge on any atom is 0.0482 e. The highest BCUT2D eigenvalue weighted by atomic mass is 15.1. The van der Waals surface area contributed by atoms with E-state index in [1.165, 1.54) is 16.8 Å². The number of hydrogen-bond acceptors (Lipinski definition) is 1. The first kappa shape index (κ1) is 11.6. The second-order valence-corrected chi connectivity index (χ2v) is 3.77. The second-order valence-electron chi connectivity index (χ2n) is 3.77. The lowest BCUT2D eigenvalue weighted by atomic mass is 10.0. The van der Waals surface area contributed by atoms with E-state index in [0.717, 1.165) is 12.1 Å². The van der Waals surface area contributed by atoms with E-state index in [2.05, 4.69) is 50.1 Å². The lowest BCUT2D eigenvalue weighted by Crippen LogP contribution is -2.15. The number of benzene rings is 1. The van der Waals surface area contributed by atoms with Crippen molar-refractivity contribution in [3.8, 4) is 0 Å². The highest BCUT2D eigenvalue weighted by molar-refractivity contribution is 5.75. The lowest BCUT2D eigenvalue weighted by Gasteiger charge is -2.22. The summed E-state index contributed by atoms with van der Waals surface area (Å²) in [6.45, 7) is 15.0. The summed E-state index contributed by atoms with van der Waals surface area (Å²) in [5.74, 6) is 0. The van der Waals surface area contributed by atoms with Crippen LogP contribution in [0.4, 0.5) is 5.69 Å². The molecule has 0 amide bonds. The maximum absolute atomic E-state index is 4.02. The summed E-state index contributed by atoms with van der Waals surface area (Å²) in [6.07, 6.45) is 1.86. The van der Waals surface area contributed by atoms with Crippen LogP contribution in [0.15, 0.2) is 37.6 Å². The molecular formula is C14H19N. The summed E-state index contributed by atoms with van der Waals surface area (Å²) in [5.41, 5.74) is 4.74. The van der Waals surface area contributed by atoms with Crippen LogP contribution in [-0.2, 0) is 0 Å². The van der Waals surface area contributed by atoms with Crippen LogP contribution >= 0.6 is 0 Å². The van der Waals surface area contributed by atoms with Gasteiger partial charge < -0.3 is 4.90 Å². The van der Waals surface area contributed by atoms with Gasteiger partial charge in [-0.3, -0.25) is 0 Å². The Morgan fingerprint density at radius 1 is 1.47 bits per heavy atom. The molecule has 0 aliphatic carbocycles. The predicted molar refractivity (Wildman–Crippen MR) is 69.1 cm³/mol. The Morgan fingerprint density at radius 2 is 2.13 bits per heavy atom. The van der Waals surface area contributed by atoms with E-state index in [1.807, 2.05) is 13.1 Å². The molecule has 0 spiro atoms. The van der Waals surface area contributed by atoms with E-state index in [4.69, 9.17) is 0 Å². The largest absolute Gasteiger partial charge is 0.348 e. The molecule has 1 aromatic rings. The van der Waals surface area contributed by atoms with E-state index >= 15 is 0 Å². The molecule has 0 aromatic heterocycles. The zero-order valence-electron chi connectivity index (χ0n) is 9.88. The molecule has 0 radical (unpaired) electrons. The number of anilines is 1. The Hall–Kier alpha value is -1.50. The third-order valence-corrected chi connectivity index (χ3v) is 2.48. The number of rotatable bonds is 4. The van der Waals surface area contributed by atoms with Gasteiger partial charge in [0.1, 0.15) is 0 Å². The first-order valence-corrected chi connectivity index (χ1v) is 5.25. The standard InChI is InChI=1S/C14H19N/c1-6-15(7-2)14-9-8-12(5)10-13(14)11(3)4/h6,8-10H,1,3,7H2,2,4-5H3. The van der Waals surface area contributed by atoms with Gasteiger partial charge >= 0.3 is 0 Å². The normalized spacial score (nSPS) is 9.80. The zero-order valence-corrected chi connectivity index (χ0v) is 9.88. The molecule has 15 heavy (non-hydrogen) atoms. The van der Waals surface area contributed by atoms with Crippen LogP contribution in [-0.4, -0.2) is 6.54 Å². The van der Waals surface area contributed by atoms with Crippen molar-refractivity contribution in [1.29, 1.82) is 0 Å². The van der Waals surface area contributed by atoms with Crippen molar-refractivity contribution >= 4 is 11.3 Å². The van der Waals surface area contributed by atoms with E-state index in [-0.39, 0.29) is 0 Å². The van der Waals surface area contributed by atoms with Gasteiger partial charge in [-0.05, 0) is 44.7 Å². The van der Waals surface area contributed by atoms with Crippen molar-refractivity contribution in [2.75, 3.05) is 11.4 Å². The SMILES string of the molecule is C=CN(CC)c1ccc(C)cc1C(=C)C. The highest BCUT2D eigenvalue weighted by Crippen LogP contribution is 2.27. The minimum Gasteiger partial charge on any atom is -0.348 e. The van der Waals surface area contributed by atoms with Crippen molar-refractivity contribution in [2.24, 2.45) is 0 Å². The molecule has 0 atom stereocenters. The Balaban J connectivity index is 3.27. The number of nitrogens with zero attached hydrogens (tertiary/aromatic N) is 1. The molecule has 0 fully saturated rings. The van der Waals surface area contributed by atoms with Gasteiger partial charge in [0, 0.05) is 17.8 Å². The predicted octanol–water partition coefficient (Wildman–Crippen LogP) is 4.00. The van der Waals surface area contributed by atoms with Crippen LogP contribution in [0.3, 0.4) is 0 Å². The summed E-state index contributed by atoms with van der Waals surface area (Å²) in [4.78, 5) is 2.13. The molecule has 0 aliphatic rings. The molecule has 1 rings (SSSR count). The van der Waals surface area contributed by atoms with Crippen LogP contribution in [0.1, 0.15) is 25.0 Å².